The molecule has 0 radical (unpaired) electrons. The molecule has 1 heterocycles. The third-order valence-electron chi connectivity index (χ3n) is 3.06. The molecule has 1 aromatic carbocycles. The van der Waals surface area contributed by atoms with Crippen LogP contribution < -0.4 is 0 Å². The molecule has 0 saturated carbocycles. The van der Waals surface area contributed by atoms with Gasteiger partial charge in [-0.05, 0) is 5.56 Å². The molecule has 1 aromatic heterocycles. The van der Waals surface area contributed by atoms with Crippen molar-refractivity contribution in [2.75, 3.05) is 6.54 Å². The zero-order valence-electron chi connectivity index (χ0n) is 12.5. The average Bonchev–Trinajstić information content (AvgIpc) is 2.96. The van der Waals surface area contributed by atoms with Crippen molar-refractivity contribution in [2.24, 2.45) is 0 Å². The Morgan fingerprint density at radius 2 is 1.95 bits per heavy atom. The van der Waals surface area contributed by atoms with E-state index in [0.29, 0.717) is 5.69 Å². The Hall–Kier alpha value is -2.21. The number of hydrogen-bond acceptors (Lipinski definition) is 4. The number of thiazole rings is 1. The fraction of sp³-hybridized carbons (Fsp3) is 0.312. The summed E-state index contributed by atoms with van der Waals surface area (Å²) >= 11 is 1.42. The van der Waals surface area contributed by atoms with Gasteiger partial charge in [-0.1, -0.05) is 44.2 Å². The predicted molar refractivity (Wildman–Crippen MR) is 85.0 cm³/mol. The quantitative estimate of drug-likeness (QED) is 0.889. The first kappa shape index (κ1) is 16.2. The zero-order chi connectivity index (χ0) is 16.1. The summed E-state index contributed by atoms with van der Waals surface area (Å²) in [6.07, 6.45) is 0. The van der Waals surface area contributed by atoms with Crippen LogP contribution in [0.5, 0.6) is 0 Å². The maximum absolute atomic E-state index is 12.5. The first-order valence-corrected chi connectivity index (χ1v) is 7.85. The number of carboxylic acids is 1. The number of aliphatic carboxylic acids is 1. The summed E-state index contributed by atoms with van der Waals surface area (Å²) in [5.41, 5.74) is 1.20. The average molecular weight is 318 g/mol. The maximum atomic E-state index is 12.5. The Bertz CT molecular complexity index is 652. The number of benzene rings is 1. The van der Waals surface area contributed by atoms with Crippen LogP contribution in [-0.4, -0.2) is 33.4 Å². The van der Waals surface area contributed by atoms with E-state index in [2.05, 4.69) is 4.98 Å². The van der Waals surface area contributed by atoms with E-state index < -0.39 is 5.97 Å². The van der Waals surface area contributed by atoms with Crippen LogP contribution in [0, 0.1) is 0 Å². The summed E-state index contributed by atoms with van der Waals surface area (Å²) in [5, 5.41) is 11.6. The van der Waals surface area contributed by atoms with Gasteiger partial charge in [-0.25, -0.2) is 4.98 Å². The summed E-state index contributed by atoms with van der Waals surface area (Å²) in [5.74, 6) is -1.15. The molecule has 0 aliphatic heterocycles. The van der Waals surface area contributed by atoms with E-state index in [4.69, 9.17) is 5.11 Å². The lowest BCUT2D eigenvalue weighted by Gasteiger charge is -2.19. The molecule has 0 aliphatic carbocycles. The molecule has 116 valence electrons. The van der Waals surface area contributed by atoms with Gasteiger partial charge in [0, 0.05) is 17.8 Å². The summed E-state index contributed by atoms with van der Waals surface area (Å²) in [7, 11) is 0. The van der Waals surface area contributed by atoms with Gasteiger partial charge in [0.25, 0.3) is 5.91 Å². The fourth-order valence-electron chi connectivity index (χ4n) is 1.98. The number of carbonyl (C=O) groups excluding carboxylic acids is 1. The van der Waals surface area contributed by atoms with Crippen molar-refractivity contribution in [1.82, 2.24) is 9.88 Å². The van der Waals surface area contributed by atoms with Gasteiger partial charge in [0.15, 0.2) is 0 Å². The second-order valence-corrected chi connectivity index (χ2v) is 6.16. The summed E-state index contributed by atoms with van der Waals surface area (Å²) in [6.45, 7) is 3.92. The number of hydrogen-bond donors (Lipinski definition) is 1. The number of nitrogens with zero attached hydrogens (tertiary/aromatic N) is 2. The molecule has 0 aliphatic rings. The molecule has 0 bridgehead atoms. The van der Waals surface area contributed by atoms with Gasteiger partial charge in [0.2, 0.25) is 0 Å². The molecule has 0 atom stereocenters. The lowest BCUT2D eigenvalue weighted by molar-refractivity contribution is -0.137. The SMILES string of the molecule is CC(C)c1nc(C(=O)N(CC(=O)O)Cc2ccccc2)cs1. The van der Waals surface area contributed by atoms with E-state index in [1.807, 2.05) is 44.2 Å². The normalized spacial score (nSPS) is 10.7. The molecule has 2 rings (SSSR count). The molecule has 0 spiro atoms. The first-order chi connectivity index (χ1) is 10.5. The number of rotatable bonds is 6. The van der Waals surface area contributed by atoms with Crippen molar-refractivity contribution >= 4 is 23.2 Å². The predicted octanol–water partition coefficient (Wildman–Crippen LogP) is 2.99. The molecule has 2 aromatic rings. The van der Waals surface area contributed by atoms with Gasteiger partial charge in [-0.2, -0.15) is 0 Å². The van der Waals surface area contributed by atoms with E-state index in [1.165, 1.54) is 16.2 Å². The Labute approximate surface area is 133 Å². The van der Waals surface area contributed by atoms with Gasteiger partial charge in [-0.15, -0.1) is 11.3 Å². The Kier molecular flexibility index (Phi) is 5.27. The number of carbonyl (C=O) groups is 2. The molecule has 0 fully saturated rings. The van der Waals surface area contributed by atoms with Crippen LogP contribution in [0.15, 0.2) is 35.7 Å². The third-order valence-corrected chi connectivity index (χ3v) is 4.21. The van der Waals surface area contributed by atoms with E-state index >= 15 is 0 Å². The van der Waals surface area contributed by atoms with Crippen molar-refractivity contribution in [3.8, 4) is 0 Å². The van der Waals surface area contributed by atoms with Crippen molar-refractivity contribution in [3.05, 3.63) is 52.0 Å². The molecular weight excluding hydrogens is 300 g/mol. The van der Waals surface area contributed by atoms with Crippen LogP contribution in [0.25, 0.3) is 0 Å². The van der Waals surface area contributed by atoms with E-state index in [-0.39, 0.29) is 24.9 Å². The number of carboxylic acid groups (broad SMARTS) is 1. The molecular formula is C16H18N2O3S. The molecule has 22 heavy (non-hydrogen) atoms. The minimum Gasteiger partial charge on any atom is -0.480 e. The molecule has 6 heteroatoms. The smallest absolute Gasteiger partial charge is 0.323 e. The maximum Gasteiger partial charge on any atom is 0.323 e. The first-order valence-electron chi connectivity index (χ1n) is 6.97. The van der Waals surface area contributed by atoms with Gasteiger partial charge < -0.3 is 10.0 Å². The number of aromatic nitrogens is 1. The highest BCUT2D eigenvalue weighted by molar-refractivity contribution is 7.09. The van der Waals surface area contributed by atoms with Crippen LogP contribution >= 0.6 is 11.3 Å². The third kappa shape index (κ3) is 4.14. The molecule has 1 amide bonds. The monoisotopic (exact) mass is 318 g/mol. The van der Waals surface area contributed by atoms with Crippen LogP contribution in [-0.2, 0) is 11.3 Å². The molecule has 1 N–H and O–H groups in total. The van der Waals surface area contributed by atoms with E-state index in [9.17, 15) is 9.59 Å². The van der Waals surface area contributed by atoms with Gasteiger partial charge in [0.05, 0.1) is 5.01 Å². The Morgan fingerprint density at radius 1 is 1.27 bits per heavy atom. The lowest BCUT2D eigenvalue weighted by Crippen LogP contribution is -2.35. The largest absolute Gasteiger partial charge is 0.480 e. The highest BCUT2D eigenvalue weighted by Crippen LogP contribution is 2.20. The summed E-state index contributed by atoms with van der Waals surface area (Å²) in [4.78, 5) is 29.2. The van der Waals surface area contributed by atoms with Gasteiger partial charge in [-0.3, -0.25) is 9.59 Å². The van der Waals surface area contributed by atoms with Crippen LogP contribution in [0.2, 0.25) is 0 Å². The lowest BCUT2D eigenvalue weighted by atomic mass is 10.2. The molecule has 5 nitrogen and oxygen atoms in total. The topological polar surface area (TPSA) is 70.5 Å². The summed E-state index contributed by atoms with van der Waals surface area (Å²) in [6, 6.07) is 9.32. The Morgan fingerprint density at radius 3 is 2.50 bits per heavy atom. The van der Waals surface area contributed by atoms with Gasteiger partial charge >= 0.3 is 5.97 Å². The zero-order valence-corrected chi connectivity index (χ0v) is 13.3. The van der Waals surface area contributed by atoms with E-state index in [1.54, 1.807) is 5.38 Å². The second-order valence-electron chi connectivity index (χ2n) is 5.27. The van der Waals surface area contributed by atoms with E-state index in [0.717, 1.165) is 10.6 Å². The van der Waals surface area contributed by atoms with Crippen LogP contribution in [0.4, 0.5) is 0 Å². The molecule has 0 unspecified atom stereocenters. The second kappa shape index (κ2) is 7.17. The highest BCUT2D eigenvalue weighted by atomic mass is 32.1. The highest BCUT2D eigenvalue weighted by Gasteiger charge is 2.21. The number of amides is 1. The van der Waals surface area contributed by atoms with Crippen LogP contribution in [0.1, 0.15) is 40.8 Å². The Balaban J connectivity index is 2.20. The minimum atomic E-state index is -1.04. The minimum absolute atomic E-state index is 0.244. The van der Waals surface area contributed by atoms with Crippen molar-refractivity contribution < 1.29 is 14.7 Å². The summed E-state index contributed by atoms with van der Waals surface area (Å²) < 4.78 is 0. The molecule has 0 saturated heterocycles. The van der Waals surface area contributed by atoms with Crippen LogP contribution in [0.3, 0.4) is 0 Å². The van der Waals surface area contributed by atoms with Crippen molar-refractivity contribution in [3.63, 3.8) is 0 Å². The fourth-order valence-corrected chi connectivity index (χ4v) is 2.79. The van der Waals surface area contributed by atoms with Gasteiger partial charge in [0.1, 0.15) is 12.2 Å². The van der Waals surface area contributed by atoms with Crippen molar-refractivity contribution in [2.45, 2.75) is 26.3 Å². The van der Waals surface area contributed by atoms with Crippen molar-refractivity contribution in [1.29, 1.82) is 0 Å². The standard InChI is InChI=1S/C16H18N2O3S/c1-11(2)15-17-13(10-22-15)16(21)18(9-14(19)20)8-12-6-4-3-5-7-12/h3-7,10-11H,8-9H2,1-2H3,(H,19,20).